The van der Waals surface area contributed by atoms with Gasteiger partial charge in [-0.05, 0) is 0 Å². The SMILES string of the molecule is O=[C]C=C(F)F. The summed E-state index contributed by atoms with van der Waals surface area (Å²) in [6.07, 6.45) is -1.03. The minimum absolute atomic E-state index is 0.0694. The van der Waals surface area contributed by atoms with Crippen LogP contribution < -0.4 is 0 Å². The monoisotopic (exact) mass is 91.0 g/mol. The van der Waals surface area contributed by atoms with Gasteiger partial charge in [0.1, 0.15) is 0 Å². The topological polar surface area (TPSA) is 17.1 Å². The Morgan fingerprint density at radius 3 is 2.17 bits per heavy atom. The molecule has 0 aromatic heterocycles. The number of rotatable bonds is 1. The van der Waals surface area contributed by atoms with E-state index in [1.807, 2.05) is 0 Å². The lowest BCUT2D eigenvalue weighted by molar-refractivity contribution is 0.422. The van der Waals surface area contributed by atoms with Crippen LogP contribution >= 0.6 is 0 Å². The minimum Gasteiger partial charge on any atom is -0.285 e. The Morgan fingerprint density at radius 1 is 1.67 bits per heavy atom. The highest BCUT2D eigenvalue weighted by atomic mass is 19.3. The van der Waals surface area contributed by atoms with Gasteiger partial charge in [-0.25, -0.2) is 0 Å². The smallest absolute Gasteiger partial charge is 0.274 e. The van der Waals surface area contributed by atoms with Gasteiger partial charge in [-0.2, -0.15) is 8.78 Å². The second-order valence-corrected chi connectivity index (χ2v) is 0.552. The van der Waals surface area contributed by atoms with Crippen molar-refractivity contribution in [3.05, 3.63) is 12.2 Å². The first-order chi connectivity index (χ1) is 2.77. The van der Waals surface area contributed by atoms with Gasteiger partial charge < -0.3 is 0 Å². The van der Waals surface area contributed by atoms with Gasteiger partial charge in [-0.3, -0.25) is 4.79 Å². The molecule has 1 radical (unpaired) electrons. The Kier molecular flexibility index (Phi) is 2.20. The number of halogens is 2. The highest BCUT2D eigenvalue weighted by molar-refractivity contribution is 5.65. The maximum atomic E-state index is 10.6. The molecule has 33 valence electrons. The third kappa shape index (κ3) is 3.27. The Bertz CT molecular complexity index is 72.9. The first-order valence-corrected chi connectivity index (χ1v) is 1.16. The molecule has 0 aromatic carbocycles. The maximum absolute atomic E-state index is 10.6. The van der Waals surface area contributed by atoms with Crippen molar-refractivity contribution in [1.29, 1.82) is 0 Å². The number of hydrogen-bond acceptors (Lipinski definition) is 1. The van der Waals surface area contributed by atoms with Crippen LogP contribution in [0, 0.1) is 0 Å². The van der Waals surface area contributed by atoms with Crippen molar-refractivity contribution in [3.63, 3.8) is 0 Å². The lowest BCUT2D eigenvalue weighted by Gasteiger charge is -1.62. The maximum Gasteiger partial charge on any atom is 0.274 e. The van der Waals surface area contributed by atoms with Crippen molar-refractivity contribution in [1.82, 2.24) is 0 Å². The number of allylic oxidation sites excluding steroid dienone is 1. The summed E-state index contributed by atoms with van der Waals surface area (Å²) in [5.41, 5.74) is 0. The van der Waals surface area contributed by atoms with Crippen LogP contribution in [-0.2, 0) is 4.79 Å². The standard InChI is InChI=1S/C3HF2O/c4-3(5)1-2-6/h1H. The third-order valence-electron chi connectivity index (χ3n) is 0.168. The van der Waals surface area contributed by atoms with Crippen molar-refractivity contribution in [2.45, 2.75) is 0 Å². The van der Waals surface area contributed by atoms with Crippen LogP contribution in [0.2, 0.25) is 0 Å². The molecular formula is C3HF2O. The van der Waals surface area contributed by atoms with Gasteiger partial charge >= 0.3 is 0 Å². The summed E-state index contributed by atoms with van der Waals surface area (Å²) in [6.45, 7) is 0. The van der Waals surface area contributed by atoms with Crippen LogP contribution in [0.25, 0.3) is 0 Å². The molecular weight excluding hydrogens is 90.0 g/mol. The van der Waals surface area contributed by atoms with E-state index < -0.39 is 6.08 Å². The molecule has 0 aliphatic heterocycles. The molecule has 0 aliphatic carbocycles. The molecule has 0 aromatic rings. The predicted molar refractivity (Wildman–Crippen MR) is 16.0 cm³/mol. The average molecular weight is 91.0 g/mol. The van der Waals surface area contributed by atoms with Gasteiger partial charge in [0.25, 0.3) is 6.08 Å². The molecule has 1 nitrogen and oxygen atoms in total. The Labute approximate surface area is 33.3 Å². The van der Waals surface area contributed by atoms with Gasteiger partial charge in [-0.15, -0.1) is 0 Å². The molecule has 0 aliphatic rings. The molecule has 6 heavy (non-hydrogen) atoms. The summed E-state index contributed by atoms with van der Waals surface area (Å²) in [4.78, 5) is 8.93. The summed E-state index contributed by atoms with van der Waals surface area (Å²) in [6, 6.07) is 0. The van der Waals surface area contributed by atoms with E-state index in [1.54, 1.807) is 0 Å². The predicted octanol–water partition coefficient (Wildman–Crippen LogP) is 0.877. The molecule has 0 heterocycles. The van der Waals surface area contributed by atoms with E-state index in [9.17, 15) is 8.78 Å². The van der Waals surface area contributed by atoms with Gasteiger partial charge in [0, 0.05) is 0 Å². The first kappa shape index (κ1) is 5.27. The quantitative estimate of drug-likeness (QED) is 0.438. The van der Waals surface area contributed by atoms with Crippen LogP contribution in [0.1, 0.15) is 0 Å². The zero-order valence-electron chi connectivity index (χ0n) is 2.74. The second-order valence-electron chi connectivity index (χ2n) is 0.552. The summed E-state index contributed by atoms with van der Waals surface area (Å²) < 4.78 is 21.3. The Morgan fingerprint density at radius 2 is 2.17 bits per heavy atom. The average Bonchev–Trinajstić information content (AvgIpc) is 1.35. The van der Waals surface area contributed by atoms with E-state index in [2.05, 4.69) is 0 Å². The zero-order chi connectivity index (χ0) is 4.99. The van der Waals surface area contributed by atoms with Gasteiger partial charge in [0.15, 0.2) is 0 Å². The van der Waals surface area contributed by atoms with Crippen LogP contribution in [0.4, 0.5) is 8.78 Å². The summed E-state index contributed by atoms with van der Waals surface area (Å²) >= 11 is 0. The normalized spacial score (nSPS) is 7.00. The first-order valence-electron chi connectivity index (χ1n) is 1.16. The lowest BCUT2D eigenvalue weighted by Crippen LogP contribution is -1.58. The van der Waals surface area contributed by atoms with Crippen molar-refractivity contribution in [3.8, 4) is 0 Å². The molecule has 0 bridgehead atoms. The highest BCUT2D eigenvalue weighted by Crippen LogP contribution is 1.91. The Hall–Kier alpha value is -0.730. The van der Waals surface area contributed by atoms with Crippen LogP contribution in [0.3, 0.4) is 0 Å². The van der Waals surface area contributed by atoms with Gasteiger partial charge in [-0.1, -0.05) is 0 Å². The molecule has 0 atom stereocenters. The van der Waals surface area contributed by atoms with Gasteiger partial charge in [0.2, 0.25) is 6.29 Å². The van der Waals surface area contributed by atoms with Crippen molar-refractivity contribution >= 4 is 6.29 Å². The lowest BCUT2D eigenvalue weighted by atomic mass is 10.7. The van der Waals surface area contributed by atoms with E-state index in [0.717, 1.165) is 6.29 Å². The van der Waals surface area contributed by atoms with E-state index >= 15 is 0 Å². The van der Waals surface area contributed by atoms with E-state index in [1.165, 1.54) is 0 Å². The molecule has 0 unspecified atom stereocenters. The van der Waals surface area contributed by atoms with Crippen LogP contribution in [0.5, 0.6) is 0 Å². The zero-order valence-corrected chi connectivity index (χ0v) is 2.74. The van der Waals surface area contributed by atoms with Gasteiger partial charge in [0.05, 0.1) is 6.08 Å². The fourth-order valence-electron chi connectivity index (χ4n) is 0.0445. The summed E-state index contributed by atoms with van der Waals surface area (Å²) in [5, 5.41) is 0. The Balaban J connectivity index is 3.41. The van der Waals surface area contributed by atoms with E-state index in [-0.39, 0.29) is 6.08 Å². The molecule has 0 amide bonds. The fraction of sp³-hybridized carbons (Fsp3) is 0. The highest BCUT2D eigenvalue weighted by Gasteiger charge is 1.80. The van der Waals surface area contributed by atoms with Crippen molar-refractivity contribution in [2.24, 2.45) is 0 Å². The third-order valence-corrected chi connectivity index (χ3v) is 0.168. The fourth-order valence-corrected chi connectivity index (χ4v) is 0.0445. The van der Waals surface area contributed by atoms with E-state index in [4.69, 9.17) is 4.79 Å². The van der Waals surface area contributed by atoms with Crippen LogP contribution in [-0.4, -0.2) is 6.29 Å². The minimum atomic E-state index is -2.01. The molecule has 0 N–H and O–H groups in total. The summed E-state index contributed by atoms with van der Waals surface area (Å²) in [5.74, 6) is 0. The van der Waals surface area contributed by atoms with E-state index in [0.29, 0.717) is 0 Å². The molecule has 0 saturated carbocycles. The van der Waals surface area contributed by atoms with Crippen molar-refractivity contribution in [2.75, 3.05) is 0 Å². The molecule has 3 heteroatoms. The second kappa shape index (κ2) is 2.50. The molecule has 0 rings (SSSR count). The number of hydrogen-bond donors (Lipinski definition) is 0. The summed E-state index contributed by atoms with van der Waals surface area (Å²) in [7, 11) is 0. The number of carbonyl (C=O) groups excluding carboxylic acids is 1. The molecule has 0 saturated heterocycles. The van der Waals surface area contributed by atoms with Crippen molar-refractivity contribution < 1.29 is 13.6 Å². The largest absolute Gasteiger partial charge is 0.285 e. The van der Waals surface area contributed by atoms with Crippen LogP contribution in [0.15, 0.2) is 12.2 Å². The molecule has 0 spiro atoms. The molecule has 0 fully saturated rings.